The number of hydrogen-bond acceptors (Lipinski definition) is 6. The molecule has 1 N–H and O–H groups in total. The number of alkyl halides is 3. The van der Waals surface area contributed by atoms with Crippen molar-refractivity contribution >= 4 is 34.3 Å². The molecule has 7 nitrogen and oxygen atoms in total. The number of carboxylic acids is 1. The molecule has 0 fully saturated rings. The van der Waals surface area contributed by atoms with Gasteiger partial charge in [-0.3, -0.25) is 4.31 Å². The first-order chi connectivity index (χ1) is 15.8. The smallest absolute Gasteiger partial charge is 0.416 e. The van der Waals surface area contributed by atoms with Crippen LogP contribution in [-0.2, 0) is 22.8 Å². The standard InChI is InChI=1S/C22H20F3NO6S2/c1-13(2)26(34(29,30)20-10-9-19(33)32-20)17-8-7-16(22(23,24)25)11-18(17)31-12-14-3-5-15(6-4-14)21(27)28/h3-11,13,33H,12H2,1-2H3,(H,27,28). The number of ether oxygens (including phenoxy) is 1. The van der Waals surface area contributed by atoms with Crippen molar-refractivity contribution in [2.24, 2.45) is 0 Å². The molecule has 1 heterocycles. The molecule has 0 unspecified atom stereocenters. The van der Waals surface area contributed by atoms with Gasteiger partial charge in [0.2, 0.25) is 5.09 Å². The molecular formula is C22H20F3NO6S2. The van der Waals surface area contributed by atoms with E-state index in [-0.39, 0.29) is 28.7 Å². The predicted molar refractivity (Wildman–Crippen MR) is 120 cm³/mol. The summed E-state index contributed by atoms with van der Waals surface area (Å²) >= 11 is 3.97. The SMILES string of the molecule is CC(C)N(c1ccc(C(F)(F)F)cc1OCc1ccc(C(=O)O)cc1)S(=O)(=O)c1ccc(S)o1. The van der Waals surface area contributed by atoms with Gasteiger partial charge in [-0.1, -0.05) is 12.1 Å². The fourth-order valence-corrected chi connectivity index (χ4v) is 4.95. The van der Waals surface area contributed by atoms with Crippen molar-refractivity contribution in [3.05, 3.63) is 71.3 Å². The number of anilines is 1. The lowest BCUT2D eigenvalue weighted by Gasteiger charge is -2.29. The highest BCUT2D eigenvalue weighted by atomic mass is 32.2. The average Bonchev–Trinajstić information content (AvgIpc) is 3.19. The van der Waals surface area contributed by atoms with E-state index in [1.807, 2.05) is 0 Å². The van der Waals surface area contributed by atoms with Crippen LogP contribution in [0.25, 0.3) is 0 Å². The third kappa shape index (κ3) is 5.50. The molecule has 182 valence electrons. The molecule has 0 amide bonds. The van der Waals surface area contributed by atoms with Gasteiger partial charge >= 0.3 is 12.1 Å². The lowest BCUT2D eigenvalue weighted by atomic mass is 10.1. The highest BCUT2D eigenvalue weighted by Gasteiger charge is 2.35. The molecule has 0 atom stereocenters. The van der Waals surface area contributed by atoms with E-state index in [1.165, 1.54) is 36.4 Å². The summed E-state index contributed by atoms with van der Waals surface area (Å²) in [6, 6.07) is 9.87. The monoisotopic (exact) mass is 515 g/mol. The van der Waals surface area contributed by atoms with Crippen LogP contribution in [0.15, 0.2) is 69.2 Å². The molecule has 0 aliphatic heterocycles. The van der Waals surface area contributed by atoms with Crippen LogP contribution in [0.3, 0.4) is 0 Å². The molecule has 12 heteroatoms. The van der Waals surface area contributed by atoms with Crippen LogP contribution in [0, 0.1) is 0 Å². The zero-order chi connectivity index (χ0) is 25.3. The van der Waals surface area contributed by atoms with E-state index < -0.39 is 38.9 Å². The van der Waals surface area contributed by atoms with Gasteiger partial charge in [-0.05, 0) is 61.9 Å². The molecule has 2 aromatic carbocycles. The Labute approximate surface area is 199 Å². The zero-order valence-electron chi connectivity index (χ0n) is 17.9. The Morgan fingerprint density at radius 2 is 1.76 bits per heavy atom. The van der Waals surface area contributed by atoms with Gasteiger partial charge in [0.05, 0.1) is 16.8 Å². The lowest BCUT2D eigenvalue weighted by molar-refractivity contribution is -0.137. The van der Waals surface area contributed by atoms with Crippen LogP contribution < -0.4 is 9.04 Å². The summed E-state index contributed by atoms with van der Waals surface area (Å²) in [5.74, 6) is -1.46. The fourth-order valence-electron chi connectivity index (χ4n) is 3.12. The van der Waals surface area contributed by atoms with E-state index in [0.29, 0.717) is 5.56 Å². The number of carboxylic acid groups (broad SMARTS) is 1. The molecule has 1 aromatic heterocycles. The molecule has 3 aromatic rings. The van der Waals surface area contributed by atoms with Crippen molar-refractivity contribution in [1.82, 2.24) is 0 Å². The van der Waals surface area contributed by atoms with Crippen LogP contribution in [0.2, 0.25) is 0 Å². The number of benzene rings is 2. The maximum Gasteiger partial charge on any atom is 0.416 e. The average molecular weight is 516 g/mol. The third-order valence-corrected chi connectivity index (χ3v) is 6.77. The second-order valence-corrected chi connectivity index (χ2v) is 9.64. The van der Waals surface area contributed by atoms with Crippen molar-refractivity contribution < 1.29 is 40.6 Å². The number of halogens is 3. The maximum atomic E-state index is 13.4. The van der Waals surface area contributed by atoms with E-state index >= 15 is 0 Å². The van der Waals surface area contributed by atoms with E-state index in [1.54, 1.807) is 13.8 Å². The largest absolute Gasteiger partial charge is 0.487 e. The number of hydrogen-bond donors (Lipinski definition) is 2. The summed E-state index contributed by atoms with van der Waals surface area (Å²) < 4.78 is 78.3. The van der Waals surface area contributed by atoms with E-state index in [4.69, 9.17) is 14.3 Å². The summed E-state index contributed by atoms with van der Waals surface area (Å²) in [5.41, 5.74) is -0.646. The van der Waals surface area contributed by atoms with Gasteiger partial charge in [0, 0.05) is 6.04 Å². The third-order valence-electron chi connectivity index (χ3n) is 4.67. The minimum Gasteiger partial charge on any atom is -0.487 e. The van der Waals surface area contributed by atoms with Gasteiger partial charge in [-0.2, -0.15) is 21.6 Å². The minimum atomic E-state index is -4.69. The molecule has 0 aliphatic carbocycles. The number of furan rings is 1. The van der Waals surface area contributed by atoms with E-state index in [0.717, 1.165) is 22.5 Å². The van der Waals surface area contributed by atoms with Crippen LogP contribution in [0.4, 0.5) is 18.9 Å². The van der Waals surface area contributed by atoms with Crippen molar-refractivity contribution in [1.29, 1.82) is 0 Å². The molecule has 0 saturated carbocycles. The van der Waals surface area contributed by atoms with Crippen molar-refractivity contribution in [2.45, 2.75) is 42.9 Å². The van der Waals surface area contributed by atoms with Gasteiger partial charge in [0.15, 0.2) is 5.09 Å². The van der Waals surface area contributed by atoms with Crippen LogP contribution in [-0.4, -0.2) is 25.5 Å². The van der Waals surface area contributed by atoms with Gasteiger partial charge in [-0.25, -0.2) is 4.79 Å². The van der Waals surface area contributed by atoms with Crippen molar-refractivity contribution in [3.63, 3.8) is 0 Å². The normalized spacial score (nSPS) is 12.1. The summed E-state index contributed by atoms with van der Waals surface area (Å²) in [6.45, 7) is 2.87. The highest BCUT2D eigenvalue weighted by Crippen LogP contribution is 2.40. The van der Waals surface area contributed by atoms with Gasteiger partial charge in [0.1, 0.15) is 12.4 Å². The number of thiol groups is 1. The number of rotatable bonds is 8. The van der Waals surface area contributed by atoms with Crippen LogP contribution in [0.5, 0.6) is 5.75 Å². The Morgan fingerprint density at radius 3 is 2.26 bits per heavy atom. The second-order valence-electron chi connectivity index (χ2n) is 7.46. The first-order valence-corrected chi connectivity index (χ1v) is 11.7. The Morgan fingerprint density at radius 1 is 1.12 bits per heavy atom. The van der Waals surface area contributed by atoms with E-state index in [2.05, 4.69) is 12.6 Å². The molecule has 0 spiro atoms. The molecular weight excluding hydrogens is 495 g/mol. The molecule has 0 aliphatic rings. The summed E-state index contributed by atoms with van der Waals surface area (Å²) in [4.78, 5) is 11.0. The van der Waals surface area contributed by atoms with Crippen LogP contribution >= 0.6 is 12.6 Å². The first kappa shape index (κ1) is 25.5. The Kier molecular flexibility index (Phi) is 7.22. The van der Waals surface area contributed by atoms with Gasteiger partial charge in [-0.15, -0.1) is 12.6 Å². The minimum absolute atomic E-state index is 0.0302. The number of nitrogens with zero attached hydrogens (tertiary/aromatic N) is 1. The lowest BCUT2D eigenvalue weighted by Crippen LogP contribution is -2.37. The Bertz CT molecular complexity index is 1280. The Hall–Kier alpha value is -3.12. The number of carbonyl (C=O) groups is 1. The zero-order valence-corrected chi connectivity index (χ0v) is 19.6. The maximum absolute atomic E-state index is 13.4. The first-order valence-electron chi connectivity index (χ1n) is 9.80. The Balaban J connectivity index is 2.05. The summed E-state index contributed by atoms with van der Waals surface area (Å²) in [5, 5.41) is 8.62. The quantitative estimate of drug-likeness (QED) is 0.387. The molecule has 0 radical (unpaired) electrons. The number of aromatic carboxylic acids is 1. The van der Waals surface area contributed by atoms with Crippen LogP contribution in [0.1, 0.15) is 35.3 Å². The second kappa shape index (κ2) is 9.63. The number of sulfonamides is 1. The van der Waals surface area contributed by atoms with Gasteiger partial charge < -0.3 is 14.3 Å². The van der Waals surface area contributed by atoms with Gasteiger partial charge in [0.25, 0.3) is 10.0 Å². The highest BCUT2D eigenvalue weighted by molar-refractivity contribution is 7.92. The van der Waals surface area contributed by atoms with Crippen molar-refractivity contribution in [3.8, 4) is 5.75 Å². The molecule has 3 rings (SSSR count). The topological polar surface area (TPSA) is 97.0 Å². The van der Waals surface area contributed by atoms with Crippen molar-refractivity contribution in [2.75, 3.05) is 4.31 Å². The van der Waals surface area contributed by atoms with E-state index in [9.17, 15) is 26.4 Å². The fraction of sp³-hybridized carbons (Fsp3) is 0.227. The predicted octanol–water partition coefficient (Wildman–Crippen LogP) is 5.47. The summed E-state index contributed by atoms with van der Waals surface area (Å²) in [6.07, 6.45) is -4.69. The molecule has 34 heavy (non-hydrogen) atoms. The molecule has 0 saturated heterocycles. The summed E-state index contributed by atoms with van der Waals surface area (Å²) in [7, 11) is -4.31. The molecule has 0 bridgehead atoms.